The molecule has 0 saturated heterocycles. The van der Waals surface area contributed by atoms with Crippen LogP contribution < -0.4 is 4.90 Å². The van der Waals surface area contributed by atoms with Crippen molar-refractivity contribution in [1.29, 1.82) is 0 Å². The number of pyridine rings is 1. The van der Waals surface area contributed by atoms with Gasteiger partial charge in [0.05, 0.1) is 0 Å². The molecule has 4 nitrogen and oxygen atoms in total. The number of hydrogen-bond acceptors (Lipinski definition) is 5. The van der Waals surface area contributed by atoms with Gasteiger partial charge >= 0.3 is 0 Å². The first-order chi connectivity index (χ1) is 9.19. The minimum Gasteiger partial charge on any atom is -0.359 e. The molecule has 19 heavy (non-hydrogen) atoms. The number of halogens is 1. The first-order valence-electron chi connectivity index (χ1n) is 5.88. The SMILES string of the molecule is CSc1nc(Cl)cc(N(C)CCc2ccccn2)n1. The molecule has 100 valence electrons. The first kappa shape index (κ1) is 14.1. The van der Waals surface area contributed by atoms with Crippen LogP contribution in [0.5, 0.6) is 0 Å². The van der Waals surface area contributed by atoms with Gasteiger partial charge in [-0.3, -0.25) is 4.98 Å². The maximum absolute atomic E-state index is 5.99. The Bertz CT molecular complexity index is 535. The van der Waals surface area contributed by atoms with Crippen LogP contribution in [-0.4, -0.2) is 34.8 Å². The topological polar surface area (TPSA) is 41.9 Å². The van der Waals surface area contributed by atoms with Gasteiger partial charge in [0.2, 0.25) is 0 Å². The molecule has 2 heterocycles. The minimum absolute atomic E-state index is 0.471. The molecule has 0 aliphatic rings. The van der Waals surface area contributed by atoms with Crippen molar-refractivity contribution in [3.63, 3.8) is 0 Å². The Kier molecular flexibility index (Phi) is 4.99. The predicted octanol–water partition coefficient (Wildman–Crippen LogP) is 2.93. The number of thioether (sulfide) groups is 1. The van der Waals surface area contributed by atoms with Crippen LogP contribution >= 0.6 is 23.4 Å². The first-order valence-corrected chi connectivity index (χ1v) is 7.49. The molecule has 0 bridgehead atoms. The van der Waals surface area contributed by atoms with E-state index in [1.54, 1.807) is 6.07 Å². The van der Waals surface area contributed by atoms with Gasteiger partial charge in [-0.2, -0.15) is 0 Å². The van der Waals surface area contributed by atoms with Crippen molar-refractivity contribution in [3.05, 3.63) is 41.3 Å². The fraction of sp³-hybridized carbons (Fsp3) is 0.308. The second-order valence-corrected chi connectivity index (χ2v) is 5.19. The molecule has 0 N–H and O–H groups in total. The summed E-state index contributed by atoms with van der Waals surface area (Å²) < 4.78 is 0. The number of aromatic nitrogens is 3. The van der Waals surface area contributed by atoms with Crippen LogP contribution in [0.4, 0.5) is 5.82 Å². The minimum atomic E-state index is 0.471. The number of likely N-dealkylation sites (N-methyl/N-ethyl adjacent to an activating group) is 1. The third-order valence-electron chi connectivity index (χ3n) is 2.66. The maximum Gasteiger partial charge on any atom is 0.190 e. The number of hydrogen-bond donors (Lipinski definition) is 0. The molecule has 0 aromatic carbocycles. The zero-order valence-electron chi connectivity index (χ0n) is 10.9. The Labute approximate surface area is 122 Å². The van der Waals surface area contributed by atoms with Gasteiger partial charge in [0.15, 0.2) is 5.16 Å². The zero-order chi connectivity index (χ0) is 13.7. The third-order valence-corrected chi connectivity index (χ3v) is 3.41. The van der Waals surface area contributed by atoms with Crippen molar-refractivity contribution in [2.24, 2.45) is 0 Å². The van der Waals surface area contributed by atoms with Crippen LogP contribution in [-0.2, 0) is 6.42 Å². The lowest BCUT2D eigenvalue weighted by molar-refractivity contribution is 0.819. The van der Waals surface area contributed by atoms with Crippen LogP contribution in [0, 0.1) is 0 Å². The van der Waals surface area contributed by atoms with E-state index >= 15 is 0 Å². The largest absolute Gasteiger partial charge is 0.359 e. The van der Waals surface area contributed by atoms with Gasteiger partial charge < -0.3 is 4.90 Å². The summed E-state index contributed by atoms with van der Waals surface area (Å²) in [5.41, 5.74) is 1.07. The van der Waals surface area contributed by atoms with E-state index in [1.165, 1.54) is 11.8 Å². The third kappa shape index (κ3) is 4.08. The molecule has 0 atom stereocenters. The summed E-state index contributed by atoms with van der Waals surface area (Å²) in [4.78, 5) is 14.9. The normalized spacial score (nSPS) is 10.5. The number of nitrogens with zero attached hydrogens (tertiary/aromatic N) is 4. The Morgan fingerprint density at radius 3 is 2.84 bits per heavy atom. The van der Waals surface area contributed by atoms with Gasteiger partial charge in [0, 0.05) is 38.0 Å². The quantitative estimate of drug-likeness (QED) is 0.482. The summed E-state index contributed by atoms with van der Waals surface area (Å²) in [5, 5.41) is 1.16. The second-order valence-electron chi connectivity index (χ2n) is 4.03. The van der Waals surface area contributed by atoms with E-state index in [9.17, 15) is 0 Å². The molecule has 6 heteroatoms. The molecule has 0 fully saturated rings. The monoisotopic (exact) mass is 294 g/mol. The Morgan fingerprint density at radius 2 is 2.16 bits per heavy atom. The highest BCUT2D eigenvalue weighted by molar-refractivity contribution is 7.98. The molecule has 2 rings (SSSR count). The number of anilines is 1. The highest BCUT2D eigenvalue weighted by atomic mass is 35.5. The van der Waals surface area contributed by atoms with Gasteiger partial charge in [-0.25, -0.2) is 9.97 Å². The molecule has 2 aromatic rings. The smallest absolute Gasteiger partial charge is 0.190 e. The van der Waals surface area contributed by atoms with Gasteiger partial charge in [0.1, 0.15) is 11.0 Å². The average molecular weight is 295 g/mol. The van der Waals surface area contributed by atoms with E-state index in [2.05, 4.69) is 19.9 Å². The van der Waals surface area contributed by atoms with Gasteiger partial charge in [0.25, 0.3) is 0 Å². The van der Waals surface area contributed by atoms with E-state index in [-0.39, 0.29) is 0 Å². The molecule has 0 aliphatic heterocycles. The summed E-state index contributed by atoms with van der Waals surface area (Å²) in [7, 11) is 1.99. The highest BCUT2D eigenvalue weighted by Gasteiger charge is 2.07. The molecule has 0 spiro atoms. The summed E-state index contributed by atoms with van der Waals surface area (Å²) in [5.74, 6) is 0.834. The molecule has 0 unspecified atom stereocenters. The van der Waals surface area contributed by atoms with E-state index in [4.69, 9.17) is 11.6 Å². The predicted molar refractivity (Wildman–Crippen MR) is 80.0 cm³/mol. The summed E-state index contributed by atoms with van der Waals surface area (Å²) in [6, 6.07) is 7.71. The lowest BCUT2D eigenvalue weighted by atomic mass is 10.2. The van der Waals surface area contributed by atoms with Crippen LogP contribution in [0.2, 0.25) is 5.15 Å². The van der Waals surface area contributed by atoms with Crippen LogP contribution in [0.15, 0.2) is 35.6 Å². The summed E-state index contributed by atoms with van der Waals surface area (Å²) >= 11 is 7.47. The van der Waals surface area contributed by atoms with Crippen molar-refractivity contribution < 1.29 is 0 Å². The molecule has 0 radical (unpaired) electrons. The Morgan fingerprint density at radius 1 is 1.32 bits per heavy atom. The van der Waals surface area contributed by atoms with Crippen molar-refractivity contribution in [1.82, 2.24) is 15.0 Å². The van der Waals surface area contributed by atoms with Gasteiger partial charge in [-0.15, -0.1) is 0 Å². The lowest BCUT2D eigenvalue weighted by Gasteiger charge is -2.18. The van der Waals surface area contributed by atoms with E-state index in [1.807, 2.05) is 37.7 Å². The van der Waals surface area contributed by atoms with E-state index in [0.717, 1.165) is 24.5 Å². The second kappa shape index (κ2) is 6.73. The van der Waals surface area contributed by atoms with Crippen LogP contribution in [0.25, 0.3) is 0 Å². The highest BCUT2D eigenvalue weighted by Crippen LogP contribution is 2.19. The number of rotatable bonds is 5. The van der Waals surface area contributed by atoms with Crippen LogP contribution in [0.1, 0.15) is 5.69 Å². The van der Waals surface area contributed by atoms with Crippen molar-refractivity contribution in [2.45, 2.75) is 11.6 Å². The van der Waals surface area contributed by atoms with E-state index < -0.39 is 0 Å². The maximum atomic E-state index is 5.99. The molecule has 0 saturated carbocycles. The Hall–Kier alpha value is -1.33. The molecule has 0 aliphatic carbocycles. The van der Waals surface area contributed by atoms with Crippen molar-refractivity contribution in [2.75, 3.05) is 24.7 Å². The molecular weight excluding hydrogens is 280 g/mol. The summed E-state index contributed by atoms with van der Waals surface area (Å²) in [6.45, 7) is 0.832. The fourth-order valence-electron chi connectivity index (χ4n) is 1.62. The standard InChI is InChI=1S/C13H15ClN4S/c1-18(8-6-10-5-3-4-7-15-10)12-9-11(14)16-13(17-12)19-2/h3-5,7,9H,6,8H2,1-2H3. The summed E-state index contributed by atoms with van der Waals surface area (Å²) in [6.07, 6.45) is 4.61. The molecular formula is C13H15ClN4S. The average Bonchev–Trinajstić information content (AvgIpc) is 2.45. The van der Waals surface area contributed by atoms with Crippen molar-refractivity contribution in [3.8, 4) is 0 Å². The van der Waals surface area contributed by atoms with Crippen molar-refractivity contribution >= 4 is 29.2 Å². The molecule has 0 amide bonds. The Balaban J connectivity index is 2.03. The zero-order valence-corrected chi connectivity index (χ0v) is 12.4. The van der Waals surface area contributed by atoms with Gasteiger partial charge in [-0.05, 0) is 18.4 Å². The van der Waals surface area contributed by atoms with Gasteiger partial charge in [-0.1, -0.05) is 29.4 Å². The van der Waals surface area contributed by atoms with Crippen LogP contribution in [0.3, 0.4) is 0 Å². The lowest BCUT2D eigenvalue weighted by Crippen LogP contribution is -2.22. The van der Waals surface area contributed by atoms with E-state index in [0.29, 0.717) is 10.3 Å². The molecule has 2 aromatic heterocycles. The fourth-order valence-corrected chi connectivity index (χ4v) is 2.22.